The number of urea groups is 1. The molecule has 3 N–H and O–H groups in total. The number of amides is 3. The second-order valence-corrected chi connectivity index (χ2v) is 5.76. The average Bonchev–Trinajstić information content (AvgIpc) is 2.44. The lowest BCUT2D eigenvalue weighted by molar-refractivity contribution is -0.119. The molecule has 0 radical (unpaired) electrons. The van der Waals surface area contributed by atoms with E-state index >= 15 is 0 Å². The lowest BCUT2D eigenvalue weighted by atomic mass is 10.1. The second kappa shape index (κ2) is 9.19. The van der Waals surface area contributed by atoms with Crippen LogP contribution in [0.4, 0.5) is 13.6 Å². The van der Waals surface area contributed by atoms with Crippen molar-refractivity contribution in [3.63, 3.8) is 0 Å². The second-order valence-electron chi connectivity index (χ2n) is 5.76. The molecule has 1 atom stereocenters. The smallest absolute Gasteiger partial charge is 0.321 e. The molecule has 0 spiro atoms. The van der Waals surface area contributed by atoms with Crippen molar-refractivity contribution >= 4 is 11.9 Å². The van der Waals surface area contributed by atoms with Crippen molar-refractivity contribution < 1.29 is 18.4 Å². The Balaban J connectivity index is 2.36. The van der Waals surface area contributed by atoms with E-state index in [9.17, 15) is 18.4 Å². The van der Waals surface area contributed by atoms with Crippen molar-refractivity contribution in [2.75, 3.05) is 13.1 Å². The number of carbonyl (C=O) groups excluding carboxylic acids is 2. The van der Waals surface area contributed by atoms with Crippen LogP contribution < -0.4 is 16.0 Å². The number of hydrogen-bond acceptors (Lipinski definition) is 3. The Kier molecular flexibility index (Phi) is 7.61. The van der Waals surface area contributed by atoms with Gasteiger partial charge in [-0.1, -0.05) is 19.9 Å². The molecule has 0 bridgehead atoms. The molecule has 0 unspecified atom stereocenters. The van der Waals surface area contributed by atoms with E-state index < -0.39 is 29.6 Å². The van der Waals surface area contributed by atoms with Crippen LogP contribution in [-0.2, 0) is 4.79 Å². The van der Waals surface area contributed by atoms with E-state index in [1.54, 1.807) is 6.92 Å². The minimum atomic E-state index is -0.683. The largest absolute Gasteiger partial charge is 0.338 e. The van der Waals surface area contributed by atoms with E-state index in [1.807, 2.05) is 13.8 Å². The fourth-order valence-electron chi connectivity index (χ4n) is 1.90. The van der Waals surface area contributed by atoms with Crippen molar-refractivity contribution in [3.8, 4) is 0 Å². The van der Waals surface area contributed by atoms with E-state index in [0.717, 1.165) is 18.6 Å². The molecule has 1 aromatic carbocycles. The molecule has 7 heteroatoms. The molecule has 23 heavy (non-hydrogen) atoms. The maximum atomic E-state index is 13.6. The maximum Gasteiger partial charge on any atom is 0.321 e. The van der Waals surface area contributed by atoms with Crippen LogP contribution in [0.25, 0.3) is 0 Å². The lowest BCUT2D eigenvalue weighted by Gasteiger charge is -2.15. The van der Waals surface area contributed by atoms with Crippen LogP contribution in [-0.4, -0.2) is 25.0 Å². The van der Waals surface area contributed by atoms with Crippen LogP contribution in [0.2, 0.25) is 0 Å². The topological polar surface area (TPSA) is 70.2 Å². The maximum absolute atomic E-state index is 13.6. The fraction of sp³-hybridized carbons (Fsp3) is 0.500. The van der Waals surface area contributed by atoms with Gasteiger partial charge in [-0.3, -0.25) is 10.1 Å². The predicted molar refractivity (Wildman–Crippen MR) is 83.8 cm³/mol. The Bertz CT molecular complexity index is 550. The normalized spacial score (nSPS) is 12.1. The van der Waals surface area contributed by atoms with Crippen molar-refractivity contribution in [2.24, 2.45) is 5.92 Å². The van der Waals surface area contributed by atoms with E-state index in [2.05, 4.69) is 16.0 Å². The highest BCUT2D eigenvalue weighted by Crippen LogP contribution is 2.17. The predicted octanol–water partition coefficient (Wildman–Crippen LogP) is 2.49. The quantitative estimate of drug-likeness (QED) is 0.720. The van der Waals surface area contributed by atoms with E-state index in [0.29, 0.717) is 12.5 Å². The third-order valence-electron chi connectivity index (χ3n) is 3.26. The molecule has 0 aliphatic heterocycles. The number of benzene rings is 1. The molecule has 0 aliphatic carbocycles. The zero-order chi connectivity index (χ0) is 17.4. The summed E-state index contributed by atoms with van der Waals surface area (Å²) in [5, 5.41) is 7.54. The molecule has 0 heterocycles. The highest BCUT2D eigenvalue weighted by molar-refractivity contribution is 5.95. The molecular formula is C16H23F2N3O2. The minimum absolute atomic E-state index is 0.157. The summed E-state index contributed by atoms with van der Waals surface area (Å²) < 4.78 is 26.4. The van der Waals surface area contributed by atoms with Gasteiger partial charge >= 0.3 is 6.03 Å². The third kappa shape index (κ3) is 7.19. The molecule has 3 amide bonds. The first kappa shape index (κ1) is 19.0. The Morgan fingerprint density at radius 2 is 1.87 bits per heavy atom. The number of rotatable bonds is 7. The van der Waals surface area contributed by atoms with Gasteiger partial charge in [0.2, 0.25) is 5.91 Å². The molecule has 0 aromatic heterocycles. The van der Waals surface area contributed by atoms with Crippen LogP contribution >= 0.6 is 0 Å². The Morgan fingerprint density at radius 3 is 2.48 bits per heavy atom. The molecule has 0 saturated heterocycles. The SMILES string of the molecule is CC(C)CCNC(=O)NC(=O)CN[C@@H](C)c1ccc(F)cc1F. The number of carbonyl (C=O) groups is 2. The van der Waals surface area contributed by atoms with Gasteiger partial charge in [-0.2, -0.15) is 0 Å². The van der Waals surface area contributed by atoms with Gasteiger partial charge in [-0.25, -0.2) is 13.6 Å². The molecule has 0 aliphatic rings. The van der Waals surface area contributed by atoms with Crippen molar-refractivity contribution in [2.45, 2.75) is 33.2 Å². The van der Waals surface area contributed by atoms with E-state index in [4.69, 9.17) is 0 Å². The summed E-state index contributed by atoms with van der Waals surface area (Å²) in [4.78, 5) is 23.1. The van der Waals surface area contributed by atoms with Gasteiger partial charge in [0.15, 0.2) is 0 Å². The molecular weight excluding hydrogens is 304 g/mol. The van der Waals surface area contributed by atoms with Gasteiger partial charge in [0.05, 0.1) is 6.54 Å². The van der Waals surface area contributed by atoms with Crippen LogP contribution in [0.3, 0.4) is 0 Å². The summed E-state index contributed by atoms with van der Waals surface area (Å²) in [6, 6.07) is 2.21. The van der Waals surface area contributed by atoms with Crippen LogP contribution in [0, 0.1) is 17.6 Å². The summed E-state index contributed by atoms with van der Waals surface area (Å²) in [7, 11) is 0. The van der Waals surface area contributed by atoms with Crippen LogP contribution in [0.1, 0.15) is 38.8 Å². The summed E-state index contributed by atoms with van der Waals surface area (Å²) in [6.07, 6.45) is 0.820. The molecule has 1 aromatic rings. The van der Waals surface area contributed by atoms with E-state index in [-0.39, 0.29) is 12.1 Å². The van der Waals surface area contributed by atoms with Crippen molar-refractivity contribution in [1.29, 1.82) is 0 Å². The monoisotopic (exact) mass is 327 g/mol. The first-order valence-corrected chi connectivity index (χ1v) is 7.55. The molecule has 1 rings (SSSR count). The standard InChI is InChI=1S/C16H23F2N3O2/c1-10(2)6-7-19-16(23)21-15(22)9-20-11(3)13-5-4-12(17)8-14(13)18/h4-5,8,10-11,20H,6-7,9H2,1-3H3,(H2,19,21,22,23)/t11-/m0/s1. The Labute approximate surface area is 134 Å². The molecule has 128 valence electrons. The molecule has 0 fully saturated rings. The highest BCUT2D eigenvalue weighted by Gasteiger charge is 2.13. The summed E-state index contributed by atoms with van der Waals surface area (Å²) in [5.74, 6) is -1.41. The Hall–Kier alpha value is -2.02. The van der Waals surface area contributed by atoms with Gasteiger partial charge in [0, 0.05) is 24.2 Å². The van der Waals surface area contributed by atoms with Crippen molar-refractivity contribution in [1.82, 2.24) is 16.0 Å². The number of imide groups is 1. The fourth-order valence-corrected chi connectivity index (χ4v) is 1.90. The van der Waals surface area contributed by atoms with Gasteiger partial charge in [-0.05, 0) is 25.3 Å². The zero-order valence-electron chi connectivity index (χ0n) is 13.6. The average molecular weight is 327 g/mol. The first-order valence-electron chi connectivity index (χ1n) is 7.55. The summed E-state index contributed by atoms with van der Waals surface area (Å²) >= 11 is 0. The van der Waals surface area contributed by atoms with Gasteiger partial charge < -0.3 is 10.6 Å². The third-order valence-corrected chi connectivity index (χ3v) is 3.26. The van der Waals surface area contributed by atoms with Gasteiger partial charge in [-0.15, -0.1) is 0 Å². The summed E-state index contributed by atoms with van der Waals surface area (Å²) in [6.45, 7) is 6.04. The highest BCUT2D eigenvalue weighted by atomic mass is 19.1. The first-order chi connectivity index (χ1) is 10.8. The number of hydrogen-bond donors (Lipinski definition) is 3. The van der Waals surface area contributed by atoms with Gasteiger partial charge in [0.1, 0.15) is 11.6 Å². The zero-order valence-corrected chi connectivity index (χ0v) is 13.6. The van der Waals surface area contributed by atoms with Crippen LogP contribution in [0.5, 0.6) is 0 Å². The number of nitrogens with one attached hydrogen (secondary N) is 3. The van der Waals surface area contributed by atoms with Gasteiger partial charge in [0.25, 0.3) is 0 Å². The molecule has 0 saturated carbocycles. The summed E-state index contributed by atoms with van der Waals surface area (Å²) in [5.41, 5.74) is 0.251. The van der Waals surface area contributed by atoms with Crippen LogP contribution in [0.15, 0.2) is 18.2 Å². The Morgan fingerprint density at radius 1 is 1.17 bits per heavy atom. The minimum Gasteiger partial charge on any atom is -0.338 e. The van der Waals surface area contributed by atoms with E-state index in [1.165, 1.54) is 6.07 Å². The lowest BCUT2D eigenvalue weighted by Crippen LogP contribution is -2.44. The molecule has 5 nitrogen and oxygen atoms in total. The number of halogens is 2. The van der Waals surface area contributed by atoms with Crippen molar-refractivity contribution in [3.05, 3.63) is 35.4 Å².